The zero-order valence-corrected chi connectivity index (χ0v) is 12.6. The Morgan fingerprint density at radius 3 is 0.500 bits per heavy atom. The molecule has 0 rings (SSSR count). The first kappa shape index (κ1) is 29.3. The van der Waals surface area contributed by atoms with Crippen molar-refractivity contribution in [3.05, 3.63) is 25.7 Å². The van der Waals surface area contributed by atoms with Crippen molar-refractivity contribution in [2.45, 2.75) is 55.4 Å². The van der Waals surface area contributed by atoms with Crippen LogP contribution in [-0.2, 0) is 21.0 Å². The minimum absolute atomic E-state index is 1.06. The summed E-state index contributed by atoms with van der Waals surface area (Å²) in [5.41, 5.74) is 0. The molecular weight excluding hydrogens is 211 g/mol. The van der Waals surface area contributed by atoms with Gasteiger partial charge in [-0.15, -0.1) is 0 Å². The van der Waals surface area contributed by atoms with Gasteiger partial charge < -0.3 is 25.7 Å². The van der Waals surface area contributed by atoms with Crippen molar-refractivity contribution in [1.29, 1.82) is 0 Å². The van der Waals surface area contributed by atoms with E-state index < -0.39 is 0 Å². The van der Waals surface area contributed by atoms with E-state index in [1.807, 2.05) is 81.1 Å². The quantitative estimate of drug-likeness (QED) is 0.555. The van der Waals surface area contributed by atoms with E-state index in [0.717, 1.165) is 17.4 Å². The van der Waals surface area contributed by atoms with Crippen molar-refractivity contribution in [1.82, 2.24) is 0 Å². The fraction of sp³-hybridized carbons (Fsp3) is 0.667. The van der Waals surface area contributed by atoms with E-state index >= 15 is 0 Å². The molecule has 0 radical (unpaired) electrons. The van der Waals surface area contributed by atoms with E-state index in [9.17, 15) is 0 Å². The van der Waals surface area contributed by atoms with Crippen LogP contribution in [0.15, 0.2) is 0 Å². The Morgan fingerprint density at radius 1 is 0.500 bits per heavy atom. The van der Waals surface area contributed by atoms with Crippen LogP contribution in [0, 0.1) is 25.7 Å². The second-order valence-electron chi connectivity index (χ2n) is 2.31. The van der Waals surface area contributed by atoms with Crippen LogP contribution in [0.2, 0.25) is 0 Å². The standard InChI is InChI=1S/4C3H7.O.V/c4*1-3-2;;/h4*3H,1-2H3;;/q4*-1;;. The van der Waals surface area contributed by atoms with Crippen molar-refractivity contribution in [2.24, 2.45) is 0 Å². The Labute approximate surface area is 102 Å². The van der Waals surface area contributed by atoms with Crippen molar-refractivity contribution in [3.8, 4) is 0 Å². The third-order valence-corrected chi connectivity index (χ3v) is 0. The summed E-state index contributed by atoms with van der Waals surface area (Å²) in [6, 6.07) is 0. The van der Waals surface area contributed by atoms with Crippen LogP contribution in [0.25, 0.3) is 0 Å². The number of rotatable bonds is 0. The molecule has 0 aliphatic rings. The molecule has 0 saturated heterocycles. The molecule has 0 amide bonds. The molecule has 0 atom stereocenters. The van der Waals surface area contributed by atoms with Crippen LogP contribution in [0.4, 0.5) is 0 Å². The molecule has 0 fully saturated rings. The Hall–Kier alpha value is 0.384. The van der Waals surface area contributed by atoms with Gasteiger partial charge in [0.15, 0.2) is 0 Å². The van der Waals surface area contributed by atoms with Crippen molar-refractivity contribution >= 4 is 0 Å². The molecule has 1 nitrogen and oxygen atoms in total. The van der Waals surface area contributed by atoms with Crippen LogP contribution in [0.5, 0.6) is 0 Å². The Bertz CT molecular complexity index is 25.5. The molecule has 0 aromatic heterocycles. The number of hydrogen-bond acceptors (Lipinski definition) is 1. The molecule has 0 saturated carbocycles. The van der Waals surface area contributed by atoms with E-state index in [-0.39, 0.29) is 0 Å². The van der Waals surface area contributed by atoms with E-state index in [4.69, 9.17) is 3.67 Å². The zero-order valence-electron chi connectivity index (χ0n) is 11.2. The van der Waals surface area contributed by atoms with Crippen molar-refractivity contribution in [3.63, 3.8) is 0 Å². The van der Waals surface area contributed by atoms with Gasteiger partial charge in [-0.05, 0) is 0 Å². The van der Waals surface area contributed by atoms with Gasteiger partial charge in [0.2, 0.25) is 0 Å². The normalized spacial score (nSPS) is 5.36. The molecule has 0 N–H and O–H groups in total. The molecule has 0 spiro atoms. The van der Waals surface area contributed by atoms with E-state index in [1.165, 1.54) is 0 Å². The Morgan fingerprint density at radius 2 is 0.500 bits per heavy atom. The van der Waals surface area contributed by atoms with Gasteiger partial charge in [0.1, 0.15) is 0 Å². The van der Waals surface area contributed by atoms with Crippen LogP contribution >= 0.6 is 0 Å². The molecule has 0 aromatic rings. The second-order valence-corrected chi connectivity index (χ2v) is 2.31. The summed E-state index contributed by atoms with van der Waals surface area (Å²) in [6.45, 7) is 16.0. The van der Waals surface area contributed by atoms with Gasteiger partial charge in [-0.25, -0.2) is 0 Å². The molecule has 0 bridgehead atoms. The molecule has 91 valence electrons. The molecule has 0 aliphatic heterocycles. The van der Waals surface area contributed by atoms with Gasteiger partial charge in [-0.1, -0.05) is 0 Å². The average Bonchev–Trinajstić information content (AvgIpc) is 2.12. The minimum atomic E-state index is 1.06. The third-order valence-electron chi connectivity index (χ3n) is 0. The van der Waals surface area contributed by atoms with E-state index in [1.54, 1.807) is 0 Å². The second kappa shape index (κ2) is 107. The zero-order chi connectivity index (χ0) is 12.8. The molecule has 0 unspecified atom stereocenters. The van der Waals surface area contributed by atoms with Gasteiger partial charge in [-0.3, -0.25) is 0 Å². The average molecular weight is 239 g/mol. The van der Waals surface area contributed by atoms with E-state index in [0.29, 0.717) is 0 Å². The van der Waals surface area contributed by atoms with Gasteiger partial charge in [-0.2, -0.15) is 55.4 Å². The summed E-state index contributed by atoms with van der Waals surface area (Å²) in [4.78, 5) is 0. The molecule has 0 aliphatic carbocycles. The maximum atomic E-state index is 8.19. The Kier molecular flexibility index (Phi) is 223. The summed E-state index contributed by atoms with van der Waals surface area (Å²) in [6.07, 6.45) is 8.00. The topological polar surface area (TPSA) is 17.1 Å². The molecule has 0 aromatic carbocycles. The first-order valence-corrected chi connectivity index (χ1v) is 5.37. The SMILES string of the molecule is C[CH-]C.C[CH-]C.C[CH-]C.C[CH-]C.[O]=[V]. The van der Waals surface area contributed by atoms with Gasteiger partial charge in [0.05, 0.1) is 0 Å². The summed E-state index contributed by atoms with van der Waals surface area (Å²) in [5, 5.41) is 0. The van der Waals surface area contributed by atoms with Crippen LogP contribution in [0.1, 0.15) is 55.4 Å². The summed E-state index contributed by atoms with van der Waals surface area (Å²) < 4.78 is 8.19. The van der Waals surface area contributed by atoms with Crippen molar-refractivity contribution in [2.75, 3.05) is 0 Å². The predicted octanol–water partition coefficient (Wildman–Crippen LogP) is 4.80. The van der Waals surface area contributed by atoms with Crippen LogP contribution in [-0.4, -0.2) is 0 Å². The Balaban J connectivity index is -0.0000000243. The van der Waals surface area contributed by atoms with Gasteiger partial charge in [0.25, 0.3) is 0 Å². The van der Waals surface area contributed by atoms with Gasteiger partial charge >= 0.3 is 21.0 Å². The van der Waals surface area contributed by atoms with E-state index in [2.05, 4.69) is 0 Å². The summed E-state index contributed by atoms with van der Waals surface area (Å²) in [7, 11) is 0. The van der Waals surface area contributed by atoms with Gasteiger partial charge in [0, 0.05) is 0 Å². The number of hydrogen-bond donors (Lipinski definition) is 0. The molecule has 0 heterocycles. The van der Waals surface area contributed by atoms with Crippen LogP contribution < -0.4 is 0 Å². The molecule has 14 heavy (non-hydrogen) atoms. The van der Waals surface area contributed by atoms with Crippen LogP contribution in [0.3, 0.4) is 0 Å². The monoisotopic (exact) mass is 239 g/mol. The predicted molar refractivity (Wildman–Crippen MR) is 63.3 cm³/mol. The maximum absolute atomic E-state index is 8.19. The molecule has 2 heteroatoms. The fourth-order valence-electron chi connectivity index (χ4n) is 0. The third kappa shape index (κ3) is 10900. The first-order chi connectivity index (χ1) is 6.66. The fourth-order valence-corrected chi connectivity index (χ4v) is 0. The van der Waals surface area contributed by atoms with Crippen molar-refractivity contribution < 1.29 is 21.0 Å². The first-order valence-electron chi connectivity index (χ1n) is 4.80. The summed E-state index contributed by atoms with van der Waals surface area (Å²) >= 11 is 1.06. The summed E-state index contributed by atoms with van der Waals surface area (Å²) in [5.74, 6) is 0. The molecular formula is C12H28OV-4.